The first-order valence-electron chi connectivity index (χ1n) is 20.1. The number of benzene rings is 2. The normalized spacial score (nSPS) is 18.3. The summed E-state index contributed by atoms with van der Waals surface area (Å²) in [6.45, 7) is 23.4. The molecule has 0 bridgehead atoms. The highest BCUT2D eigenvalue weighted by atomic mass is 16.5. The summed E-state index contributed by atoms with van der Waals surface area (Å²) in [4.78, 5) is 37.7. The number of amides is 2. The number of aliphatic hydroxyl groups is 1. The minimum absolute atomic E-state index is 0.0543. The SMILES string of the molecule is C#C.C=C(CN)CN1C[C@H](CO)N(C(C)CC)c2cc(OCCC(C)(C)CCC(C)(C)COc3cc4c(cc3OC)C(=O)N3CC(=C)CC3C=N4)c(OC)cc2C1=O. The van der Waals surface area contributed by atoms with Gasteiger partial charge in [0.25, 0.3) is 11.8 Å². The maximum absolute atomic E-state index is 14.0. The third-order valence-corrected chi connectivity index (χ3v) is 11.5. The van der Waals surface area contributed by atoms with E-state index in [1.54, 1.807) is 31.3 Å². The summed E-state index contributed by atoms with van der Waals surface area (Å²) in [5.74, 6) is 1.86. The Kier molecular flexibility index (Phi) is 15.5. The van der Waals surface area contributed by atoms with Crippen LogP contribution < -0.4 is 29.6 Å². The van der Waals surface area contributed by atoms with Crippen molar-refractivity contribution in [2.45, 2.75) is 91.8 Å². The molecule has 0 saturated carbocycles. The molecule has 12 heteroatoms. The van der Waals surface area contributed by atoms with Crippen molar-refractivity contribution >= 4 is 29.4 Å². The quantitative estimate of drug-likeness (QED) is 0.120. The second-order valence-electron chi connectivity index (χ2n) is 17.1. The van der Waals surface area contributed by atoms with Gasteiger partial charge in [0.1, 0.15) is 0 Å². The molecule has 58 heavy (non-hydrogen) atoms. The number of hydrogen-bond acceptors (Lipinski definition) is 10. The van der Waals surface area contributed by atoms with E-state index in [-0.39, 0.29) is 53.9 Å². The van der Waals surface area contributed by atoms with Crippen molar-refractivity contribution < 1.29 is 33.6 Å². The highest BCUT2D eigenvalue weighted by Gasteiger charge is 2.37. The van der Waals surface area contributed by atoms with Crippen LogP contribution in [0.3, 0.4) is 0 Å². The van der Waals surface area contributed by atoms with Gasteiger partial charge in [0.15, 0.2) is 23.0 Å². The number of aliphatic hydroxyl groups excluding tert-OH is 1. The van der Waals surface area contributed by atoms with Gasteiger partial charge in [0, 0.05) is 50.6 Å². The Morgan fingerprint density at radius 3 is 2.22 bits per heavy atom. The van der Waals surface area contributed by atoms with Crippen LogP contribution in [0.2, 0.25) is 0 Å². The van der Waals surface area contributed by atoms with E-state index in [1.807, 2.05) is 23.2 Å². The lowest BCUT2D eigenvalue weighted by Crippen LogP contribution is -2.49. The van der Waals surface area contributed by atoms with Gasteiger partial charge in [0.05, 0.1) is 68.6 Å². The Hall–Kier alpha value is -4.99. The maximum Gasteiger partial charge on any atom is 0.257 e. The smallest absolute Gasteiger partial charge is 0.257 e. The summed E-state index contributed by atoms with van der Waals surface area (Å²) in [7, 11) is 3.16. The topological polar surface area (TPSA) is 139 Å². The number of anilines is 1. The van der Waals surface area contributed by atoms with Crippen LogP contribution in [0, 0.1) is 23.7 Å². The van der Waals surface area contributed by atoms with Crippen molar-refractivity contribution in [1.82, 2.24) is 9.80 Å². The molecule has 2 unspecified atom stereocenters. The monoisotopic (exact) mass is 799 g/mol. The number of terminal acetylenes is 1. The molecule has 12 nitrogen and oxygen atoms in total. The minimum Gasteiger partial charge on any atom is -0.493 e. The molecular weight excluding hydrogens is 735 g/mol. The Bertz CT molecular complexity index is 1870. The zero-order chi connectivity index (χ0) is 42.9. The Morgan fingerprint density at radius 1 is 0.966 bits per heavy atom. The van der Waals surface area contributed by atoms with Gasteiger partial charge in [-0.3, -0.25) is 14.6 Å². The molecule has 2 amide bonds. The average molecular weight is 800 g/mol. The van der Waals surface area contributed by atoms with Gasteiger partial charge in [-0.2, -0.15) is 0 Å². The number of rotatable bonds is 18. The number of carbonyl (C=O) groups is 2. The molecule has 3 N–H and O–H groups in total. The fraction of sp³-hybridized carbons (Fsp3) is 0.543. The fourth-order valence-electron chi connectivity index (χ4n) is 7.60. The first kappa shape index (κ1) is 45.7. The largest absolute Gasteiger partial charge is 0.493 e. The van der Waals surface area contributed by atoms with Gasteiger partial charge in [-0.1, -0.05) is 53.3 Å². The van der Waals surface area contributed by atoms with Crippen molar-refractivity contribution in [3.8, 4) is 35.8 Å². The predicted molar refractivity (Wildman–Crippen MR) is 232 cm³/mol. The molecule has 5 rings (SSSR count). The summed E-state index contributed by atoms with van der Waals surface area (Å²) in [5, 5.41) is 10.6. The third-order valence-electron chi connectivity index (χ3n) is 11.5. The number of nitrogens with two attached hydrogens (primary N) is 1. The van der Waals surface area contributed by atoms with Gasteiger partial charge in [-0.05, 0) is 67.6 Å². The van der Waals surface area contributed by atoms with Crippen LogP contribution >= 0.6 is 0 Å². The van der Waals surface area contributed by atoms with E-state index in [2.05, 4.69) is 77.4 Å². The van der Waals surface area contributed by atoms with Gasteiger partial charge < -0.3 is 44.5 Å². The fourth-order valence-corrected chi connectivity index (χ4v) is 7.60. The van der Waals surface area contributed by atoms with Crippen molar-refractivity contribution in [3.63, 3.8) is 0 Å². The molecule has 0 aliphatic carbocycles. The minimum atomic E-state index is -0.317. The van der Waals surface area contributed by atoms with Gasteiger partial charge in [-0.15, -0.1) is 12.8 Å². The van der Waals surface area contributed by atoms with E-state index in [0.29, 0.717) is 72.7 Å². The molecule has 0 spiro atoms. The van der Waals surface area contributed by atoms with Gasteiger partial charge >= 0.3 is 0 Å². The first-order valence-corrected chi connectivity index (χ1v) is 20.1. The number of nitrogens with zero attached hydrogens (tertiary/aromatic N) is 4. The van der Waals surface area contributed by atoms with E-state index in [4.69, 9.17) is 24.7 Å². The number of hydrogen-bond donors (Lipinski definition) is 2. The number of carbonyl (C=O) groups excluding carboxylic acids is 2. The van der Waals surface area contributed by atoms with E-state index < -0.39 is 0 Å². The number of methoxy groups -OCH3 is 2. The lowest BCUT2D eigenvalue weighted by Gasteiger charge is -2.37. The zero-order valence-electron chi connectivity index (χ0n) is 35.9. The molecule has 1 fully saturated rings. The highest BCUT2D eigenvalue weighted by Crippen LogP contribution is 2.42. The molecular formula is C46H65N5O7. The summed E-state index contributed by atoms with van der Waals surface area (Å²) in [5.41, 5.74) is 9.68. The third kappa shape index (κ3) is 10.5. The first-order chi connectivity index (χ1) is 27.5. The Morgan fingerprint density at radius 2 is 1.60 bits per heavy atom. The van der Waals surface area contributed by atoms with Gasteiger partial charge in [-0.25, -0.2) is 0 Å². The second kappa shape index (κ2) is 19.6. The number of ether oxygens (including phenoxy) is 4. The van der Waals surface area contributed by atoms with E-state index in [1.165, 1.54) is 0 Å². The Labute approximate surface area is 346 Å². The van der Waals surface area contributed by atoms with Crippen molar-refractivity contribution in [1.29, 1.82) is 0 Å². The van der Waals surface area contributed by atoms with Crippen LogP contribution in [0.4, 0.5) is 11.4 Å². The molecule has 0 aromatic heterocycles. The lowest BCUT2D eigenvalue weighted by atomic mass is 9.78. The van der Waals surface area contributed by atoms with Crippen LogP contribution in [0.25, 0.3) is 0 Å². The molecule has 1 saturated heterocycles. The molecule has 3 aliphatic heterocycles. The van der Waals surface area contributed by atoms with Crippen LogP contribution in [-0.2, 0) is 0 Å². The second-order valence-corrected chi connectivity index (χ2v) is 17.1. The zero-order valence-corrected chi connectivity index (χ0v) is 35.9. The molecule has 3 aliphatic rings. The van der Waals surface area contributed by atoms with Crippen LogP contribution in [0.1, 0.15) is 94.4 Å². The molecule has 2 aromatic carbocycles. The number of fused-ring (bicyclic) bond motifs is 3. The summed E-state index contributed by atoms with van der Waals surface area (Å²) >= 11 is 0. The van der Waals surface area contributed by atoms with E-state index in [0.717, 1.165) is 48.9 Å². The van der Waals surface area contributed by atoms with Gasteiger partial charge in [0.2, 0.25) is 0 Å². The average Bonchev–Trinajstić information content (AvgIpc) is 3.49. The molecule has 316 valence electrons. The summed E-state index contributed by atoms with van der Waals surface area (Å²) < 4.78 is 24.3. The highest BCUT2D eigenvalue weighted by molar-refractivity contribution is 6.04. The molecule has 3 heterocycles. The van der Waals surface area contributed by atoms with E-state index >= 15 is 0 Å². The molecule has 2 aromatic rings. The van der Waals surface area contributed by atoms with E-state index in [9.17, 15) is 14.7 Å². The predicted octanol–water partition coefficient (Wildman–Crippen LogP) is 7.06. The summed E-state index contributed by atoms with van der Waals surface area (Å²) in [6, 6.07) is 6.86. The van der Waals surface area contributed by atoms with Crippen LogP contribution in [0.5, 0.6) is 23.0 Å². The van der Waals surface area contributed by atoms with Crippen LogP contribution in [0.15, 0.2) is 53.6 Å². The Balaban J connectivity index is 0.00000366. The molecule has 3 atom stereocenters. The standard InChI is InChI=1S/C44H63N5O7.C2H2/c1-11-30(4)49-32(26-50)25-47(23-29(3)21-45)41(51)34-18-38(54-10)40(20-36(34)49)55-15-14-43(5,6)12-13-44(7,8)27-56-39-19-35-33(17-37(39)53-9)42(52)48-24-28(2)16-31(48)22-46-35;1-2/h17-20,22,30-32,50H,2-3,11-16,21,23-27,45H2,1,4-10H3;1-2H/t30?,31?,32-;/m1./s1. The summed E-state index contributed by atoms with van der Waals surface area (Å²) in [6.07, 6.45) is 14.0. The van der Waals surface area contributed by atoms with Crippen LogP contribution in [-0.4, -0.2) is 111 Å². The van der Waals surface area contributed by atoms with Crippen molar-refractivity contribution in [2.75, 3.05) is 65.1 Å². The van der Waals surface area contributed by atoms with Crippen molar-refractivity contribution in [2.24, 2.45) is 21.6 Å². The number of aliphatic imine (C=N–C) groups is 1. The molecule has 0 radical (unpaired) electrons. The maximum atomic E-state index is 14.0. The van der Waals surface area contributed by atoms with Crippen molar-refractivity contribution in [3.05, 3.63) is 59.7 Å². The lowest BCUT2D eigenvalue weighted by molar-refractivity contribution is 0.0753.